The Morgan fingerprint density at radius 2 is 2.00 bits per heavy atom. The molecule has 0 amide bonds. The summed E-state index contributed by atoms with van der Waals surface area (Å²) < 4.78 is 32.3. The topological polar surface area (TPSA) is 70.8 Å². The normalized spacial score (nSPS) is 16.6. The first-order valence-corrected chi connectivity index (χ1v) is 9.73. The van der Waals surface area contributed by atoms with Crippen molar-refractivity contribution in [1.82, 2.24) is 25.0 Å². The molecule has 1 atom stereocenters. The highest BCUT2D eigenvalue weighted by molar-refractivity contribution is 6.31. The summed E-state index contributed by atoms with van der Waals surface area (Å²) in [6.45, 7) is 1.18. The highest BCUT2D eigenvalue weighted by Crippen LogP contribution is 2.33. The van der Waals surface area contributed by atoms with Gasteiger partial charge in [-0.05, 0) is 35.9 Å². The molecule has 0 spiro atoms. The minimum atomic E-state index is -0.507. The van der Waals surface area contributed by atoms with E-state index in [1.165, 1.54) is 24.3 Å². The van der Waals surface area contributed by atoms with Gasteiger partial charge in [-0.15, -0.1) is 0 Å². The summed E-state index contributed by atoms with van der Waals surface area (Å²) in [7, 11) is 0. The number of rotatable bonds is 4. The monoisotopic (exact) mass is 427 g/mol. The van der Waals surface area contributed by atoms with Gasteiger partial charge in [0.05, 0.1) is 28.8 Å². The van der Waals surface area contributed by atoms with Gasteiger partial charge < -0.3 is 9.51 Å². The Labute approximate surface area is 175 Å². The zero-order valence-electron chi connectivity index (χ0n) is 15.6. The molecule has 2 aromatic carbocycles. The summed E-state index contributed by atoms with van der Waals surface area (Å²) in [6, 6.07) is 10.5. The van der Waals surface area contributed by atoms with Crippen molar-refractivity contribution in [1.29, 1.82) is 0 Å². The van der Waals surface area contributed by atoms with Crippen LogP contribution in [0.3, 0.4) is 0 Å². The molecule has 3 heterocycles. The summed E-state index contributed by atoms with van der Waals surface area (Å²) >= 11 is 5.88. The Morgan fingerprint density at radius 3 is 2.80 bits per heavy atom. The van der Waals surface area contributed by atoms with Crippen LogP contribution in [0.1, 0.15) is 28.9 Å². The Kier molecular flexibility index (Phi) is 4.80. The molecule has 2 aromatic heterocycles. The lowest BCUT2D eigenvalue weighted by Crippen LogP contribution is -2.34. The van der Waals surface area contributed by atoms with E-state index in [-0.39, 0.29) is 16.9 Å². The van der Waals surface area contributed by atoms with Crippen molar-refractivity contribution in [3.8, 4) is 11.4 Å². The van der Waals surface area contributed by atoms with E-state index in [1.807, 2.05) is 0 Å². The molecule has 0 fully saturated rings. The third kappa shape index (κ3) is 3.59. The van der Waals surface area contributed by atoms with Gasteiger partial charge in [0.1, 0.15) is 11.6 Å². The van der Waals surface area contributed by atoms with E-state index in [2.05, 4.69) is 25.0 Å². The molecule has 9 heteroatoms. The predicted molar refractivity (Wildman–Crippen MR) is 105 cm³/mol. The number of nitrogens with zero attached hydrogens (tertiary/aromatic N) is 4. The van der Waals surface area contributed by atoms with E-state index in [1.54, 1.807) is 24.5 Å². The third-order valence-electron chi connectivity index (χ3n) is 5.20. The second-order valence-electron chi connectivity index (χ2n) is 7.16. The van der Waals surface area contributed by atoms with Crippen LogP contribution in [0.15, 0.2) is 53.3 Å². The van der Waals surface area contributed by atoms with Crippen LogP contribution in [-0.4, -0.2) is 25.0 Å². The molecule has 0 bridgehead atoms. The molecule has 6 nitrogen and oxygen atoms in total. The number of halogens is 3. The first-order valence-electron chi connectivity index (χ1n) is 9.35. The van der Waals surface area contributed by atoms with Crippen LogP contribution in [0.5, 0.6) is 0 Å². The van der Waals surface area contributed by atoms with Crippen LogP contribution >= 0.6 is 11.6 Å². The number of aromatic amines is 1. The molecule has 152 valence electrons. The molecule has 0 saturated carbocycles. The second-order valence-corrected chi connectivity index (χ2v) is 7.57. The van der Waals surface area contributed by atoms with Crippen molar-refractivity contribution in [3.63, 3.8) is 0 Å². The average Bonchev–Trinajstić information content (AvgIpc) is 3.40. The molecule has 1 aliphatic heterocycles. The van der Waals surface area contributed by atoms with E-state index >= 15 is 0 Å². The molecule has 5 rings (SSSR count). The summed E-state index contributed by atoms with van der Waals surface area (Å²) in [5.74, 6) is -0.0140. The molecule has 30 heavy (non-hydrogen) atoms. The fourth-order valence-electron chi connectivity index (χ4n) is 3.64. The van der Waals surface area contributed by atoms with Gasteiger partial charge in [-0.1, -0.05) is 28.9 Å². The zero-order chi connectivity index (χ0) is 20.7. The van der Waals surface area contributed by atoms with E-state index in [0.29, 0.717) is 36.8 Å². The van der Waals surface area contributed by atoms with Gasteiger partial charge in [0, 0.05) is 25.1 Å². The first kappa shape index (κ1) is 18.9. The minimum Gasteiger partial charge on any atom is -0.347 e. The maximum atomic E-state index is 13.5. The van der Waals surface area contributed by atoms with Crippen LogP contribution in [0, 0.1) is 11.6 Å². The number of nitrogens with one attached hydrogen (secondary N) is 1. The molecule has 0 radical (unpaired) electrons. The van der Waals surface area contributed by atoms with E-state index in [0.717, 1.165) is 17.0 Å². The minimum absolute atomic E-state index is 0.00406. The largest absolute Gasteiger partial charge is 0.347 e. The van der Waals surface area contributed by atoms with Crippen molar-refractivity contribution in [2.75, 3.05) is 0 Å². The Bertz CT molecular complexity index is 1190. The number of hydrogen-bond acceptors (Lipinski definition) is 5. The lowest BCUT2D eigenvalue weighted by atomic mass is 10.0. The molecular formula is C21H16ClF2N5O. The van der Waals surface area contributed by atoms with Gasteiger partial charge in [-0.3, -0.25) is 4.90 Å². The molecule has 0 aliphatic carbocycles. The average molecular weight is 428 g/mol. The molecule has 1 aliphatic rings. The number of imidazole rings is 1. The highest BCUT2D eigenvalue weighted by Gasteiger charge is 2.33. The van der Waals surface area contributed by atoms with Gasteiger partial charge in [0.25, 0.3) is 0 Å². The summed E-state index contributed by atoms with van der Waals surface area (Å²) in [5, 5.41) is 4.05. The summed E-state index contributed by atoms with van der Waals surface area (Å²) in [5.41, 5.74) is 3.51. The lowest BCUT2D eigenvalue weighted by Gasteiger charge is -2.32. The van der Waals surface area contributed by atoms with E-state index in [4.69, 9.17) is 16.1 Å². The van der Waals surface area contributed by atoms with Gasteiger partial charge >= 0.3 is 0 Å². The Morgan fingerprint density at radius 1 is 1.17 bits per heavy atom. The van der Waals surface area contributed by atoms with Crippen LogP contribution in [0.4, 0.5) is 8.78 Å². The number of benzene rings is 2. The van der Waals surface area contributed by atoms with E-state index < -0.39 is 5.82 Å². The van der Waals surface area contributed by atoms with Crippen molar-refractivity contribution < 1.29 is 13.3 Å². The SMILES string of the molecule is Fc1ccc(CN2Cc3[nH]cnc3CC2c2nc(-c3ccc(F)c(Cl)c3)no2)cc1. The fourth-order valence-corrected chi connectivity index (χ4v) is 3.83. The van der Waals surface area contributed by atoms with Crippen LogP contribution in [-0.2, 0) is 19.5 Å². The molecule has 0 saturated heterocycles. The standard InChI is InChI=1S/C21H16ClF2N5O/c22-15-7-13(3-6-16(15)24)20-27-21(30-28-20)19-8-17-18(26-11-25-17)10-29(19)9-12-1-4-14(23)5-2-12/h1-7,11,19H,8-10H2,(H,25,26). The quantitative estimate of drug-likeness (QED) is 0.511. The van der Waals surface area contributed by atoms with Crippen molar-refractivity contribution in [3.05, 3.63) is 88.3 Å². The predicted octanol–water partition coefficient (Wildman–Crippen LogP) is 4.69. The number of hydrogen-bond donors (Lipinski definition) is 1. The number of fused-ring (bicyclic) bond motifs is 1. The highest BCUT2D eigenvalue weighted by atomic mass is 35.5. The van der Waals surface area contributed by atoms with Crippen molar-refractivity contribution in [2.45, 2.75) is 25.6 Å². The Hall–Kier alpha value is -3.10. The van der Waals surface area contributed by atoms with Crippen molar-refractivity contribution in [2.24, 2.45) is 0 Å². The van der Waals surface area contributed by atoms with Gasteiger partial charge in [-0.2, -0.15) is 4.98 Å². The number of aromatic nitrogens is 4. The third-order valence-corrected chi connectivity index (χ3v) is 5.49. The van der Waals surface area contributed by atoms with Crippen LogP contribution in [0.2, 0.25) is 5.02 Å². The van der Waals surface area contributed by atoms with Crippen LogP contribution in [0.25, 0.3) is 11.4 Å². The van der Waals surface area contributed by atoms with Gasteiger partial charge in [0.2, 0.25) is 11.7 Å². The van der Waals surface area contributed by atoms with Crippen LogP contribution < -0.4 is 0 Å². The van der Waals surface area contributed by atoms with E-state index in [9.17, 15) is 8.78 Å². The molecule has 1 N–H and O–H groups in total. The summed E-state index contributed by atoms with van der Waals surface area (Å²) in [6.07, 6.45) is 2.26. The number of H-pyrrole nitrogens is 1. The lowest BCUT2D eigenvalue weighted by molar-refractivity contribution is 0.128. The molecule has 1 unspecified atom stereocenters. The summed E-state index contributed by atoms with van der Waals surface area (Å²) in [4.78, 5) is 14.3. The molecule has 4 aromatic rings. The maximum Gasteiger partial charge on any atom is 0.244 e. The maximum absolute atomic E-state index is 13.5. The first-order chi connectivity index (χ1) is 14.6. The van der Waals surface area contributed by atoms with Crippen molar-refractivity contribution >= 4 is 11.6 Å². The molecular weight excluding hydrogens is 412 g/mol. The van der Waals surface area contributed by atoms with Gasteiger partial charge in [0.15, 0.2) is 0 Å². The Balaban J connectivity index is 1.46. The zero-order valence-corrected chi connectivity index (χ0v) is 16.4. The van der Waals surface area contributed by atoms with Gasteiger partial charge in [-0.25, -0.2) is 13.8 Å². The smallest absolute Gasteiger partial charge is 0.244 e. The second kappa shape index (κ2) is 7.62. The fraction of sp³-hybridized carbons (Fsp3) is 0.190.